The van der Waals surface area contributed by atoms with Gasteiger partial charge in [-0.25, -0.2) is 0 Å². The molecule has 0 radical (unpaired) electrons. The van der Waals surface area contributed by atoms with Gasteiger partial charge >= 0.3 is 5.97 Å². The van der Waals surface area contributed by atoms with Crippen molar-refractivity contribution in [1.82, 2.24) is 0 Å². The van der Waals surface area contributed by atoms with Crippen molar-refractivity contribution in [2.45, 2.75) is 71.1 Å². The van der Waals surface area contributed by atoms with Gasteiger partial charge in [-0.2, -0.15) is 0 Å². The molecule has 0 aliphatic rings. The number of hydrogen-bond acceptors (Lipinski definition) is 2. The molecule has 0 aromatic carbocycles. The van der Waals surface area contributed by atoms with Crippen LogP contribution in [-0.2, 0) is 4.79 Å². The van der Waals surface area contributed by atoms with Gasteiger partial charge in [0.1, 0.15) is 0 Å². The van der Waals surface area contributed by atoms with Crippen molar-refractivity contribution in [3.05, 3.63) is 48.3 Å². The van der Waals surface area contributed by atoms with Crippen molar-refractivity contribution in [3.63, 3.8) is 0 Å². The minimum absolute atomic E-state index is 0.157. The molecule has 0 fully saturated rings. The number of carboxylic acids is 1. The van der Waals surface area contributed by atoms with Crippen LogP contribution >= 0.6 is 0 Å². The van der Waals surface area contributed by atoms with Crippen molar-refractivity contribution in [2.24, 2.45) is 0 Å². The highest BCUT2D eigenvalue weighted by molar-refractivity contribution is 5.66. The minimum atomic E-state index is -0.746. The van der Waals surface area contributed by atoms with E-state index in [4.69, 9.17) is 5.11 Å². The SMILES string of the molecule is CCCCC/C=C\C/C=C(/[O-])C/C=C\C/C=C\CCCC(=O)O. The maximum absolute atomic E-state index is 11.6. The fourth-order valence-corrected chi connectivity index (χ4v) is 1.97. The van der Waals surface area contributed by atoms with Gasteiger partial charge in [-0.3, -0.25) is 4.79 Å². The summed E-state index contributed by atoms with van der Waals surface area (Å²) in [5.41, 5.74) is 0. The lowest BCUT2D eigenvalue weighted by Crippen LogP contribution is -2.01. The molecule has 0 aromatic heterocycles. The Morgan fingerprint density at radius 1 is 0.913 bits per heavy atom. The van der Waals surface area contributed by atoms with Crippen LogP contribution in [-0.4, -0.2) is 11.1 Å². The van der Waals surface area contributed by atoms with Crippen molar-refractivity contribution in [3.8, 4) is 0 Å². The normalized spacial score (nSPS) is 12.8. The summed E-state index contributed by atoms with van der Waals surface area (Å²) in [6, 6.07) is 0. The second-order valence-corrected chi connectivity index (χ2v) is 5.54. The Hall–Kier alpha value is -1.77. The molecular formula is C20H31O3-. The Kier molecular flexibility index (Phi) is 15.3. The summed E-state index contributed by atoms with van der Waals surface area (Å²) in [6.07, 6.45) is 22.3. The number of carboxylic acid groups (broad SMARTS) is 1. The van der Waals surface area contributed by atoms with Crippen molar-refractivity contribution in [1.29, 1.82) is 0 Å². The topological polar surface area (TPSA) is 60.4 Å². The zero-order chi connectivity index (χ0) is 17.2. The van der Waals surface area contributed by atoms with Gasteiger partial charge in [-0.1, -0.05) is 62.3 Å². The largest absolute Gasteiger partial charge is 0.875 e. The van der Waals surface area contributed by atoms with E-state index in [2.05, 4.69) is 19.1 Å². The molecule has 130 valence electrons. The second kappa shape index (κ2) is 16.6. The molecule has 0 heterocycles. The number of allylic oxidation sites excluding steroid dienone is 7. The maximum atomic E-state index is 11.6. The molecular weight excluding hydrogens is 288 g/mol. The van der Waals surface area contributed by atoms with E-state index in [1.165, 1.54) is 19.3 Å². The summed E-state index contributed by atoms with van der Waals surface area (Å²) < 4.78 is 0. The molecule has 3 heteroatoms. The Bertz CT molecular complexity index is 403. The van der Waals surface area contributed by atoms with Crippen molar-refractivity contribution >= 4 is 5.97 Å². The zero-order valence-corrected chi connectivity index (χ0v) is 14.4. The number of aliphatic carboxylic acids is 1. The summed E-state index contributed by atoms with van der Waals surface area (Å²) in [5.74, 6) is -0.589. The first-order valence-corrected chi connectivity index (χ1v) is 8.69. The van der Waals surface area contributed by atoms with E-state index in [1.54, 1.807) is 6.08 Å². The second-order valence-electron chi connectivity index (χ2n) is 5.54. The van der Waals surface area contributed by atoms with E-state index < -0.39 is 5.97 Å². The minimum Gasteiger partial charge on any atom is -0.875 e. The van der Waals surface area contributed by atoms with E-state index in [1.807, 2.05) is 24.3 Å². The van der Waals surface area contributed by atoms with Crippen LogP contribution in [0, 0.1) is 0 Å². The molecule has 0 unspecified atom stereocenters. The lowest BCUT2D eigenvalue weighted by atomic mass is 10.2. The highest BCUT2D eigenvalue weighted by Crippen LogP contribution is 2.03. The van der Waals surface area contributed by atoms with Gasteiger partial charge in [0.05, 0.1) is 0 Å². The molecule has 0 aliphatic heterocycles. The molecule has 3 nitrogen and oxygen atoms in total. The molecule has 23 heavy (non-hydrogen) atoms. The highest BCUT2D eigenvalue weighted by atomic mass is 16.4. The van der Waals surface area contributed by atoms with Crippen LogP contribution in [0.5, 0.6) is 0 Å². The van der Waals surface area contributed by atoms with E-state index in [9.17, 15) is 9.90 Å². The predicted molar refractivity (Wildman–Crippen MR) is 95.0 cm³/mol. The lowest BCUT2D eigenvalue weighted by molar-refractivity contribution is -0.305. The summed E-state index contributed by atoms with van der Waals surface area (Å²) in [5, 5.41) is 20.1. The predicted octanol–water partition coefficient (Wildman–Crippen LogP) is 4.90. The fraction of sp³-hybridized carbons (Fsp3) is 0.550. The smallest absolute Gasteiger partial charge is 0.303 e. The average Bonchev–Trinajstić information content (AvgIpc) is 2.52. The van der Waals surface area contributed by atoms with E-state index in [-0.39, 0.29) is 12.2 Å². The number of unbranched alkanes of at least 4 members (excludes halogenated alkanes) is 4. The van der Waals surface area contributed by atoms with Crippen LogP contribution in [0.1, 0.15) is 71.1 Å². The van der Waals surface area contributed by atoms with Crippen molar-refractivity contribution in [2.75, 3.05) is 0 Å². The third-order valence-electron chi connectivity index (χ3n) is 3.31. The first-order valence-electron chi connectivity index (χ1n) is 8.69. The lowest BCUT2D eigenvalue weighted by Gasteiger charge is -2.07. The molecule has 0 atom stereocenters. The molecule has 0 spiro atoms. The maximum Gasteiger partial charge on any atom is 0.303 e. The Morgan fingerprint density at radius 3 is 2.26 bits per heavy atom. The van der Waals surface area contributed by atoms with Gasteiger partial charge < -0.3 is 10.2 Å². The van der Waals surface area contributed by atoms with Gasteiger partial charge in [0.25, 0.3) is 0 Å². The Labute approximate surface area is 141 Å². The quantitative estimate of drug-likeness (QED) is 0.281. The van der Waals surface area contributed by atoms with Crippen LogP contribution in [0.2, 0.25) is 0 Å². The van der Waals surface area contributed by atoms with Crippen LogP contribution in [0.15, 0.2) is 48.3 Å². The van der Waals surface area contributed by atoms with Crippen LogP contribution in [0.4, 0.5) is 0 Å². The van der Waals surface area contributed by atoms with Gasteiger partial charge in [-0.05, 0) is 44.9 Å². The molecule has 0 saturated carbocycles. The molecule has 0 saturated heterocycles. The monoisotopic (exact) mass is 319 g/mol. The highest BCUT2D eigenvalue weighted by Gasteiger charge is 1.92. The van der Waals surface area contributed by atoms with Crippen molar-refractivity contribution < 1.29 is 15.0 Å². The van der Waals surface area contributed by atoms with E-state index in [0.717, 1.165) is 25.7 Å². The summed E-state index contributed by atoms with van der Waals surface area (Å²) in [4.78, 5) is 10.3. The number of carbonyl (C=O) groups is 1. The number of hydrogen-bond donors (Lipinski definition) is 1. The van der Waals surface area contributed by atoms with Crippen LogP contribution < -0.4 is 5.11 Å². The summed E-state index contributed by atoms with van der Waals surface area (Å²) >= 11 is 0. The molecule has 0 bridgehead atoms. The first kappa shape index (κ1) is 21.2. The van der Waals surface area contributed by atoms with Crippen LogP contribution in [0.3, 0.4) is 0 Å². The van der Waals surface area contributed by atoms with Crippen LogP contribution in [0.25, 0.3) is 0 Å². The first-order chi connectivity index (χ1) is 11.2. The fourth-order valence-electron chi connectivity index (χ4n) is 1.97. The van der Waals surface area contributed by atoms with Gasteiger partial charge in [0, 0.05) is 6.42 Å². The average molecular weight is 319 g/mol. The third-order valence-corrected chi connectivity index (χ3v) is 3.31. The Balaban J connectivity index is 3.62. The standard InChI is InChI=1S/C20H32O3/c1-2-3-4-5-7-10-13-16-19(21)17-14-11-8-6-9-12-15-18-20(22)23/h6-7,9-11,14,16,21H,2-5,8,12-13,15,17-18H2,1H3,(H,22,23)/p-1/b9-6-,10-7-,14-11-,19-16+. The van der Waals surface area contributed by atoms with Gasteiger partial charge in [0.2, 0.25) is 0 Å². The molecule has 0 amide bonds. The number of rotatable bonds is 14. The van der Waals surface area contributed by atoms with E-state index in [0.29, 0.717) is 12.8 Å². The van der Waals surface area contributed by atoms with E-state index >= 15 is 0 Å². The van der Waals surface area contributed by atoms with Gasteiger partial charge in [-0.15, -0.1) is 5.76 Å². The third kappa shape index (κ3) is 18.2. The molecule has 0 rings (SSSR count). The zero-order valence-electron chi connectivity index (χ0n) is 14.4. The summed E-state index contributed by atoms with van der Waals surface area (Å²) in [6.45, 7) is 2.19. The molecule has 0 aromatic rings. The van der Waals surface area contributed by atoms with Gasteiger partial charge in [0.15, 0.2) is 0 Å². The summed E-state index contributed by atoms with van der Waals surface area (Å²) in [7, 11) is 0. The molecule has 1 N–H and O–H groups in total. The Morgan fingerprint density at radius 2 is 1.57 bits per heavy atom. The molecule has 0 aliphatic carbocycles.